The number of piperidine rings is 1. The molecular formula is C25H27N3S. The first-order valence-corrected chi connectivity index (χ1v) is 11.4. The number of benzene rings is 2. The molecule has 0 radical (unpaired) electrons. The summed E-state index contributed by atoms with van der Waals surface area (Å²) in [6.45, 7) is 8.70. The third kappa shape index (κ3) is 3.82. The van der Waals surface area contributed by atoms with Crippen molar-refractivity contribution in [3.8, 4) is 0 Å². The first-order valence-electron chi connectivity index (χ1n) is 10.6. The smallest absolute Gasteiger partial charge is 0.186 e. The first kappa shape index (κ1) is 18.4. The maximum Gasteiger partial charge on any atom is 0.186 e. The summed E-state index contributed by atoms with van der Waals surface area (Å²) in [5.41, 5.74) is 6.47. The third-order valence-electron chi connectivity index (χ3n) is 6.13. The van der Waals surface area contributed by atoms with Crippen LogP contribution in [-0.2, 0) is 13.0 Å². The summed E-state index contributed by atoms with van der Waals surface area (Å²) >= 11 is 1.75. The Labute approximate surface area is 177 Å². The first-order chi connectivity index (χ1) is 14.3. The van der Waals surface area contributed by atoms with Gasteiger partial charge in [-0.15, -0.1) is 0 Å². The second-order valence-electron chi connectivity index (χ2n) is 8.02. The van der Waals surface area contributed by atoms with Crippen molar-refractivity contribution < 1.29 is 0 Å². The number of nitrogens with zero attached hydrogens (tertiary/aromatic N) is 3. The highest BCUT2D eigenvalue weighted by molar-refractivity contribution is 7.16. The molecule has 1 aromatic heterocycles. The molecule has 4 heteroatoms. The lowest BCUT2D eigenvalue weighted by molar-refractivity contribution is 0.578. The van der Waals surface area contributed by atoms with Crippen molar-refractivity contribution >= 4 is 27.7 Å². The zero-order valence-electron chi connectivity index (χ0n) is 16.8. The van der Waals surface area contributed by atoms with E-state index in [1.54, 1.807) is 11.3 Å². The summed E-state index contributed by atoms with van der Waals surface area (Å²) in [6, 6.07) is 17.7. The molecule has 0 atom stereocenters. The molecule has 0 spiro atoms. The van der Waals surface area contributed by atoms with Crippen molar-refractivity contribution in [1.29, 1.82) is 0 Å². The van der Waals surface area contributed by atoms with Gasteiger partial charge in [0.1, 0.15) is 0 Å². The molecule has 5 rings (SSSR count). The molecule has 0 unspecified atom stereocenters. The van der Waals surface area contributed by atoms with Crippen LogP contribution in [0.4, 0.5) is 10.8 Å². The van der Waals surface area contributed by atoms with E-state index in [1.807, 2.05) is 6.20 Å². The van der Waals surface area contributed by atoms with Gasteiger partial charge < -0.3 is 9.80 Å². The fourth-order valence-electron chi connectivity index (χ4n) is 4.38. The van der Waals surface area contributed by atoms with Gasteiger partial charge in [0.25, 0.3) is 0 Å². The van der Waals surface area contributed by atoms with Gasteiger partial charge in [-0.2, -0.15) is 0 Å². The van der Waals surface area contributed by atoms with Crippen LogP contribution in [-0.4, -0.2) is 24.6 Å². The molecule has 0 bridgehead atoms. The minimum Gasteiger partial charge on any atom is -0.372 e. The zero-order chi connectivity index (χ0) is 19.6. The summed E-state index contributed by atoms with van der Waals surface area (Å²) < 4.78 is 0. The fourth-order valence-corrected chi connectivity index (χ4v) is 5.31. The second-order valence-corrected chi connectivity index (χ2v) is 9.03. The van der Waals surface area contributed by atoms with E-state index in [4.69, 9.17) is 4.98 Å². The molecule has 3 aromatic rings. The summed E-state index contributed by atoms with van der Waals surface area (Å²) in [5.74, 6) is 0. The highest BCUT2D eigenvalue weighted by atomic mass is 32.1. The highest BCUT2D eigenvalue weighted by Crippen LogP contribution is 2.34. The number of hydrogen-bond acceptors (Lipinski definition) is 4. The summed E-state index contributed by atoms with van der Waals surface area (Å²) in [5, 5.41) is 1.10. The molecule has 148 valence electrons. The van der Waals surface area contributed by atoms with E-state index in [0.29, 0.717) is 0 Å². The Balaban J connectivity index is 1.29. The van der Waals surface area contributed by atoms with Crippen molar-refractivity contribution in [3.05, 3.63) is 82.9 Å². The second kappa shape index (κ2) is 8.03. The zero-order valence-corrected chi connectivity index (χ0v) is 17.6. The van der Waals surface area contributed by atoms with Crippen molar-refractivity contribution in [2.24, 2.45) is 0 Å². The van der Waals surface area contributed by atoms with E-state index < -0.39 is 0 Å². The lowest BCUT2D eigenvalue weighted by Crippen LogP contribution is -2.30. The van der Waals surface area contributed by atoms with Gasteiger partial charge in [-0.1, -0.05) is 54.3 Å². The number of rotatable bonds is 4. The van der Waals surface area contributed by atoms with Crippen LogP contribution in [0.15, 0.2) is 61.3 Å². The molecule has 29 heavy (non-hydrogen) atoms. The van der Waals surface area contributed by atoms with Gasteiger partial charge >= 0.3 is 0 Å². The molecule has 1 saturated heterocycles. The molecule has 2 aromatic carbocycles. The SMILES string of the molecule is C=C(c1ccc(N2CCCCC2)cc1)c1cnc(N2CCc3ccccc3C2)s1. The number of aromatic nitrogens is 1. The number of thiazole rings is 1. The van der Waals surface area contributed by atoms with Crippen molar-refractivity contribution in [1.82, 2.24) is 4.98 Å². The van der Waals surface area contributed by atoms with E-state index in [1.165, 1.54) is 54.7 Å². The van der Waals surface area contributed by atoms with Crippen LogP contribution in [0.5, 0.6) is 0 Å². The van der Waals surface area contributed by atoms with Crippen LogP contribution in [0.1, 0.15) is 40.8 Å². The molecule has 1 fully saturated rings. The highest BCUT2D eigenvalue weighted by Gasteiger charge is 2.19. The van der Waals surface area contributed by atoms with Crippen LogP contribution in [0.2, 0.25) is 0 Å². The van der Waals surface area contributed by atoms with Gasteiger partial charge in [0, 0.05) is 38.1 Å². The fraction of sp³-hybridized carbons (Fsp3) is 0.320. The largest absolute Gasteiger partial charge is 0.372 e. The molecule has 0 saturated carbocycles. The van der Waals surface area contributed by atoms with E-state index in [-0.39, 0.29) is 0 Å². The van der Waals surface area contributed by atoms with Gasteiger partial charge in [0.2, 0.25) is 0 Å². The Hall–Kier alpha value is -2.59. The number of anilines is 2. The molecule has 3 heterocycles. The third-order valence-corrected chi connectivity index (χ3v) is 7.25. The van der Waals surface area contributed by atoms with Crippen molar-refractivity contribution in [2.75, 3.05) is 29.4 Å². The molecule has 2 aliphatic heterocycles. The maximum absolute atomic E-state index is 4.73. The van der Waals surface area contributed by atoms with E-state index >= 15 is 0 Å². The van der Waals surface area contributed by atoms with Gasteiger partial charge in [-0.25, -0.2) is 4.98 Å². The normalized spacial score (nSPS) is 16.6. The maximum atomic E-state index is 4.73. The lowest BCUT2D eigenvalue weighted by Gasteiger charge is -2.29. The Kier molecular flexibility index (Phi) is 5.11. The Morgan fingerprint density at radius 2 is 1.62 bits per heavy atom. The summed E-state index contributed by atoms with van der Waals surface area (Å²) in [4.78, 5) is 10.8. The minimum atomic E-state index is 0.945. The Morgan fingerprint density at radius 3 is 2.41 bits per heavy atom. The van der Waals surface area contributed by atoms with Gasteiger partial charge in [-0.05, 0) is 60.1 Å². The quantitative estimate of drug-likeness (QED) is 0.554. The van der Waals surface area contributed by atoms with Crippen LogP contribution in [0, 0.1) is 0 Å². The van der Waals surface area contributed by atoms with E-state index in [0.717, 1.165) is 35.1 Å². The molecular weight excluding hydrogens is 374 g/mol. The number of fused-ring (bicyclic) bond motifs is 1. The minimum absolute atomic E-state index is 0.945. The average Bonchev–Trinajstić information content (AvgIpc) is 3.29. The van der Waals surface area contributed by atoms with Crippen LogP contribution in [0.25, 0.3) is 5.57 Å². The van der Waals surface area contributed by atoms with Crippen molar-refractivity contribution in [2.45, 2.75) is 32.2 Å². The van der Waals surface area contributed by atoms with Crippen molar-refractivity contribution in [3.63, 3.8) is 0 Å². The Morgan fingerprint density at radius 1 is 0.862 bits per heavy atom. The average molecular weight is 402 g/mol. The van der Waals surface area contributed by atoms with E-state index in [2.05, 4.69) is 64.9 Å². The topological polar surface area (TPSA) is 19.4 Å². The molecule has 0 amide bonds. The molecule has 0 N–H and O–H groups in total. The van der Waals surface area contributed by atoms with Crippen LogP contribution in [0.3, 0.4) is 0 Å². The number of hydrogen-bond donors (Lipinski definition) is 0. The van der Waals surface area contributed by atoms with E-state index in [9.17, 15) is 0 Å². The monoisotopic (exact) mass is 401 g/mol. The standard InChI is InChI=1S/C25H27N3S/c1-19(20-9-11-23(12-10-20)27-14-5-2-6-15-27)24-17-26-25(29-24)28-16-13-21-7-3-4-8-22(21)18-28/h3-4,7-12,17H,1-2,5-6,13-16,18H2. The molecule has 3 nitrogen and oxygen atoms in total. The summed E-state index contributed by atoms with van der Waals surface area (Å²) in [6.07, 6.45) is 7.05. The Bertz CT molecular complexity index is 999. The molecule has 2 aliphatic rings. The van der Waals surface area contributed by atoms with Gasteiger partial charge in [0.15, 0.2) is 5.13 Å². The summed E-state index contributed by atoms with van der Waals surface area (Å²) in [7, 11) is 0. The van der Waals surface area contributed by atoms with Gasteiger partial charge in [-0.3, -0.25) is 0 Å². The van der Waals surface area contributed by atoms with Crippen LogP contribution >= 0.6 is 11.3 Å². The predicted octanol–water partition coefficient (Wildman–Crippen LogP) is 5.76. The predicted molar refractivity (Wildman–Crippen MR) is 124 cm³/mol. The van der Waals surface area contributed by atoms with Crippen LogP contribution < -0.4 is 9.80 Å². The van der Waals surface area contributed by atoms with Gasteiger partial charge in [0.05, 0.1) is 4.88 Å². The lowest BCUT2D eigenvalue weighted by atomic mass is 10.0. The molecule has 0 aliphatic carbocycles.